The average molecular weight is 253 g/mol. The predicted octanol–water partition coefficient (Wildman–Crippen LogP) is 2.03. The van der Waals surface area contributed by atoms with Gasteiger partial charge in [-0.05, 0) is 24.3 Å². The number of H-pyrrole nitrogens is 1. The van der Waals surface area contributed by atoms with Gasteiger partial charge in [-0.1, -0.05) is 11.6 Å². The summed E-state index contributed by atoms with van der Waals surface area (Å²) in [5.74, 6) is -1.11. The maximum atomic E-state index is 11.6. The number of aromatic amines is 1. The Morgan fingerprint density at radius 2 is 2.12 bits per heavy atom. The Bertz CT molecular complexity index is 591. The van der Waals surface area contributed by atoms with Crippen molar-refractivity contribution in [3.8, 4) is 0 Å². The van der Waals surface area contributed by atoms with E-state index in [1.165, 1.54) is 6.92 Å². The van der Waals surface area contributed by atoms with E-state index >= 15 is 0 Å². The highest BCUT2D eigenvalue weighted by molar-refractivity contribution is 6.31. The van der Waals surface area contributed by atoms with E-state index in [0.29, 0.717) is 10.7 Å². The van der Waals surface area contributed by atoms with Gasteiger partial charge in [-0.15, -0.1) is 0 Å². The molecule has 0 aliphatic heterocycles. The van der Waals surface area contributed by atoms with Crippen LogP contribution in [-0.4, -0.2) is 16.9 Å². The highest BCUT2D eigenvalue weighted by Gasteiger charge is 2.10. The zero-order valence-corrected chi connectivity index (χ0v) is 9.67. The van der Waals surface area contributed by atoms with Gasteiger partial charge >= 0.3 is 5.97 Å². The number of benzene rings is 1. The third-order valence-electron chi connectivity index (χ3n) is 2.11. The molecule has 0 bridgehead atoms. The van der Waals surface area contributed by atoms with Gasteiger partial charge < -0.3 is 9.82 Å². The standard InChI is InChI=1S/C11H9ClN2O3/c1-6(15)17-14-11(16)10-5-7-4-8(12)2-3-9(7)13-10/h2-5,13H,1H3,(H,14,16). The summed E-state index contributed by atoms with van der Waals surface area (Å²) in [6.45, 7) is 1.20. The molecular weight excluding hydrogens is 244 g/mol. The highest BCUT2D eigenvalue weighted by Crippen LogP contribution is 2.19. The van der Waals surface area contributed by atoms with Gasteiger partial charge in [0.15, 0.2) is 0 Å². The lowest BCUT2D eigenvalue weighted by molar-refractivity contribution is -0.146. The summed E-state index contributed by atoms with van der Waals surface area (Å²) in [4.78, 5) is 29.4. The number of halogens is 1. The van der Waals surface area contributed by atoms with Crippen molar-refractivity contribution in [2.75, 3.05) is 0 Å². The van der Waals surface area contributed by atoms with Crippen molar-refractivity contribution >= 4 is 34.4 Å². The maximum absolute atomic E-state index is 11.6. The second kappa shape index (κ2) is 4.47. The molecule has 0 radical (unpaired) electrons. The zero-order chi connectivity index (χ0) is 12.4. The third kappa shape index (κ3) is 2.57. The summed E-state index contributed by atoms with van der Waals surface area (Å²) in [6.07, 6.45) is 0. The molecule has 6 heteroatoms. The van der Waals surface area contributed by atoms with E-state index in [2.05, 4.69) is 9.82 Å². The Morgan fingerprint density at radius 1 is 1.35 bits per heavy atom. The minimum atomic E-state index is -0.586. The maximum Gasteiger partial charge on any atom is 0.329 e. The lowest BCUT2D eigenvalue weighted by atomic mass is 10.2. The van der Waals surface area contributed by atoms with E-state index in [0.717, 1.165) is 10.9 Å². The quantitative estimate of drug-likeness (QED) is 0.763. The minimum absolute atomic E-state index is 0.295. The number of hydrogen-bond donors (Lipinski definition) is 2. The first-order valence-corrected chi connectivity index (χ1v) is 5.20. The molecule has 2 N–H and O–H groups in total. The molecule has 2 rings (SSSR count). The Hall–Kier alpha value is -2.01. The van der Waals surface area contributed by atoms with Crippen LogP contribution in [0.1, 0.15) is 17.4 Å². The van der Waals surface area contributed by atoms with Crippen LogP contribution in [0.2, 0.25) is 5.02 Å². The lowest BCUT2D eigenvalue weighted by Gasteiger charge is -2.00. The van der Waals surface area contributed by atoms with Crippen LogP contribution in [0.25, 0.3) is 10.9 Å². The molecule has 1 aromatic heterocycles. The number of carbonyl (C=O) groups excluding carboxylic acids is 2. The van der Waals surface area contributed by atoms with Gasteiger partial charge in [0.25, 0.3) is 5.91 Å². The van der Waals surface area contributed by atoms with Crippen molar-refractivity contribution < 1.29 is 14.4 Å². The van der Waals surface area contributed by atoms with Crippen molar-refractivity contribution in [3.05, 3.63) is 35.0 Å². The van der Waals surface area contributed by atoms with Crippen molar-refractivity contribution in [1.82, 2.24) is 10.5 Å². The molecule has 0 spiro atoms. The molecule has 1 heterocycles. The molecular formula is C11H9ClN2O3. The normalized spacial score (nSPS) is 10.2. The molecule has 0 saturated carbocycles. The molecule has 2 aromatic rings. The number of aromatic nitrogens is 1. The average Bonchev–Trinajstić information content (AvgIpc) is 2.68. The molecule has 0 saturated heterocycles. The Labute approximate surface area is 102 Å². The van der Waals surface area contributed by atoms with Gasteiger partial charge in [0.1, 0.15) is 5.69 Å². The summed E-state index contributed by atoms with van der Waals surface area (Å²) in [5, 5.41) is 1.40. The minimum Gasteiger partial charge on any atom is -0.350 e. The van der Waals surface area contributed by atoms with Crippen LogP contribution in [0, 0.1) is 0 Å². The molecule has 1 aromatic carbocycles. The number of carbonyl (C=O) groups is 2. The van der Waals surface area contributed by atoms with Crippen LogP contribution in [0.3, 0.4) is 0 Å². The second-order valence-corrected chi connectivity index (χ2v) is 3.88. The molecule has 5 nitrogen and oxygen atoms in total. The number of rotatable bonds is 1. The largest absolute Gasteiger partial charge is 0.350 e. The number of hydroxylamine groups is 1. The van der Waals surface area contributed by atoms with Crippen LogP contribution >= 0.6 is 11.6 Å². The van der Waals surface area contributed by atoms with Crippen LogP contribution in [0.4, 0.5) is 0 Å². The SMILES string of the molecule is CC(=O)ONC(=O)c1cc2cc(Cl)ccc2[nH]1. The van der Waals surface area contributed by atoms with Gasteiger partial charge in [-0.3, -0.25) is 9.59 Å². The topological polar surface area (TPSA) is 71.2 Å². The third-order valence-corrected chi connectivity index (χ3v) is 2.35. The predicted molar refractivity (Wildman–Crippen MR) is 62.5 cm³/mol. The van der Waals surface area contributed by atoms with Crippen LogP contribution in [0.15, 0.2) is 24.3 Å². The summed E-state index contributed by atoms with van der Waals surface area (Å²) < 4.78 is 0. The fourth-order valence-electron chi connectivity index (χ4n) is 1.40. The molecule has 17 heavy (non-hydrogen) atoms. The molecule has 1 amide bonds. The summed E-state index contributed by atoms with van der Waals surface area (Å²) in [6, 6.07) is 6.84. The fraction of sp³-hybridized carbons (Fsp3) is 0.0909. The fourth-order valence-corrected chi connectivity index (χ4v) is 1.58. The smallest absolute Gasteiger partial charge is 0.329 e. The van der Waals surface area contributed by atoms with E-state index in [1.807, 2.05) is 5.48 Å². The first-order valence-electron chi connectivity index (χ1n) is 4.82. The molecule has 0 unspecified atom stereocenters. The Balaban J connectivity index is 2.24. The molecule has 88 valence electrons. The van der Waals surface area contributed by atoms with Crippen molar-refractivity contribution in [1.29, 1.82) is 0 Å². The molecule has 0 atom stereocenters. The molecule has 0 fully saturated rings. The summed E-state index contributed by atoms with van der Waals surface area (Å²) in [5.41, 5.74) is 3.10. The second-order valence-electron chi connectivity index (χ2n) is 3.44. The van der Waals surface area contributed by atoms with E-state index in [9.17, 15) is 9.59 Å². The first-order chi connectivity index (χ1) is 8.06. The lowest BCUT2D eigenvalue weighted by Crippen LogP contribution is -2.26. The van der Waals surface area contributed by atoms with Crippen LogP contribution < -0.4 is 5.48 Å². The van der Waals surface area contributed by atoms with Gasteiger partial charge in [0, 0.05) is 22.8 Å². The van der Waals surface area contributed by atoms with Gasteiger partial charge in [-0.2, -0.15) is 5.48 Å². The monoisotopic (exact) mass is 252 g/mol. The van der Waals surface area contributed by atoms with E-state index in [1.54, 1.807) is 24.3 Å². The summed E-state index contributed by atoms with van der Waals surface area (Å²) >= 11 is 5.83. The van der Waals surface area contributed by atoms with Gasteiger partial charge in [-0.25, -0.2) is 0 Å². The number of nitrogens with one attached hydrogen (secondary N) is 2. The van der Waals surface area contributed by atoms with Crippen molar-refractivity contribution in [2.24, 2.45) is 0 Å². The van der Waals surface area contributed by atoms with Crippen LogP contribution in [-0.2, 0) is 9.63 Å². The van der Waals surface area contributed by atoms with Gasteiger partial charge in [0.05, 0.1) is 0 Å². The number of amides is 1. The van der Waals surface area contributed by atoms with E-state index in [4.69, 9.17) is 11.6 Å². The van der Waals surface area contributed by atoms with E-state index < -0.39 is 11.9 Å². The highest BCUT2D eigenvalue weighted by atomic mass is 35.5. The zero-order valence-electron chi connectivity index (χ0n) is 8.91. The van der Waals surface area contributed by atoms with Crippen LogP contribution in [0.5, 0.6) is 0 Å². The van der Waals surface area contributed by atoms with Crippen molar-refractivity contribution in [2.45, 2.75) is 6.92 Å². The first kappa shape index (κ1) is 11.5. The molecule has 0 aliphatic rings. The molecule has 0 aliphatic carbocycles. The Morgan fingerprint density at radius 3 is 2.82 bits per heavy atom. The van der Waals surface area contributed by atoms with Gasteiger partial charge in [0.2, 0.25) is 0 Å². The number of fused-ring (bicyclic) bond motifs is 1. The van der Waals surface area contributed by atoms with Crippen molar-refractivity contribution in [3.63, 3.8) is 0 Å². The van der Waals surface area contributed by atoms with E-state index in [-0.39, 0.29) is 0 Å². The summed E-state index contributed by atoms with van der Waals surface area (Å²) in [7, 11) is 0. The Kier molecular flexibility index (Phi) is 3.01. The number of hydrogen-bond acceptors (Lipinski definition) is 3.